The highest BCUT2D eigenvalue weighted by molar-refractivity contribution is 5.85. The summed E-state index contributed by atoms with van der Waals surface area (Å²) in [6, 6.07) is 0. The van der Waals surface area contributed by atoms with Gasteiger partial charge in [-0.2, -0.15) is 0 Å². The third-order valence-electron chi connectivity index (χ3n) is 4.26. The van der Waals surface area contributed by atoms with E-state index in [2.05, 4.69) is 23.4 Å². The van der Waals surface area contributed by atoms with E-state index >= 15 is 0 Å². The third kappa shape index (κ3) is 4.08. The van der Waals surface area contributed by atoms with E-state index in [1.54, 1.807) is 17.1 Å². The fourth-order valence-corrected chi connectivity index (χ4v) is 3.19. The van der Waals surface area contributed by atoms with Crippen molar-refractivity contribution in [3.63, 3.8) is 0 Å². The molecule has 0 aliphatic carbocycles. The van der Waals surface area contributed by atoms with Crippen LogP contribution in [-0.4, -0.2) is 61.5 Å². The molecule has 0 bridgehead atoms. The van der Waals surface area contributed by atoms with Gasteiger partial charge in [-0.25, -0.2) is 0 Å². The second-order valence-electron chi connectivity index (χ2n) is 5.76. The predicted molar refractivity (Wildman–Crippen MR) is 85.2 cm³/mol. The highest BCUT2D eigenvalue weighted by atomic mass is 35.5. The average Bonchev–Trinajstić information content (AvgIpc) is 3.00. The number of carbonyl (C=O) groups is 1. The molecule has 114 valence electrons. The molecule has 4 nitrogen and oxygen atoms in total. The van der Waals surface area contributed by atoms with E-state index in [0.29, 0.717) is 25.0 Å². The van der Waals surface area contributed by atoms with Crippen LogP contribution in [0, 0.1) is 5.41 Å². The van der Waals surface area contributed by atoms with Crippen LogP contribution in [0.1, 0.15) is 12.8 Å². The van der Waals surface area contributed by atoms with Crippen molar-refractivity contribution < 1.29 is 4.79 Å². The summed E-state index contributed by atoms with van der Waals surface area (Å²) in [5.74, 6) is 0.183. The molecule has 2 aliphatic heterocycles. The maximum Gasteiger partial charge on any atom is 0.237 e. The first kappa shape index (κ1) is 17.2. The second-order valence-corrected chi connectivity index (χ2v) is 5.76. The fraction of sp³-hybridized carbons (Fsp3) is 0.667. The minimum absolute atomic E-state index is 0. The molecule has 0 aromatic rings. The molecular formula is C15H26ClN3O. The van der Waals surface area contributed by atoms with Gasteiger partial charge in [0.2, 0.25) is 5.91 Å². The van der Waals surface area contributed by atoms with Crippen molar-refractivity contribution >= 4 is 18.3 Å². The lowest BCUT2D eigenvalue weighted by Crippen LogP contribution is -2.40. The molecule has 5 heteroatoms. The molecule has 1 N–H and O–H groups in total. The highest BCUT2D eigenvalue weighted by Gasteiger charge is 2.40. The Labute approximate surface area is 128 Å². The van der Waals surface area contributed by atoms with Crippen LogP contribution in [0.3, 0.4) is 0 Å². The van der Waals surface area contributed by atoms with Gasteiger partial charge in [-0.3, -0.25) is 9.69 Å². The van der Waals surface area contributed by atoms with Gasteiger partial charge in [-0.05, 0) is 31.3 Å². The van der Waals surface area contributed by atoms with E-state index in [1.807, 2.05) is 0 Å². The molecule has 0 radical (unpaired) electrons. The normalized spacial score (nSPS) is 25.4. The molecule has 0 aromatic carbocycles. The topological polar surface area (TPSA) is 35.6 Å². The molecular weight excluding hydrogens is 274 g/mol. The van der Waals surface area contributed by atoms with E-state index < -0.39 is 0 Å². The van der Waals surface area contributed by atoms with Gasteiger partial charge in [0.15, 0.2) is 0 Å². The van der Waals surface area contributed by atoms with Crippen LogP contribution in [-0.2, 0) is 4.79 Å². The van der Waals surface area contributed by atoms with Crippen molar-refractivity contribution in [1.82, 2.24) is 15.1 Å². The molecule has 2 rings (SSSR count). The van der Waals surface area contributed by atoms with Gasteiger partial charge in [0.05, 0.1) is 6.54 Å². The summed E-state index contributed by atoms with van der Waals surface area (Å²) in [4.78, 5) is 16.4. The molecule has 0 aromatic heterocycles. The zero-order chi connectivity index (χ0) is 13.7. The summed E-state index contributed by atoms with van der Waals surface area (Å²) >= 11 is 0. The standard InChI is InChI=1S/C15H25N3O.ClH/c1-3-8-18(9-4-2)14(19)11-17-10-6-15(13-17)5-7-16-12-15;/h3-4,16H,1-2,5-13H2;1H. The first-order valence-electron chi connectivity index (χ1n) is 7.12. The zero-order valence-electron chi connectivity index (χ0n) is 12.1. The number of hydrogen-bond donors (Lipinski definition) is 1. The van der Waals surface area contributed by atoms with Gasteiger partial charge in [-0.1, -0.05) is 12.2 Å². The molecule has 2 aliphatic rings. The van der Waals surface area contributed by atoms with E-state index in [9.17, 15) is 4.79 Å². The second kappa shape index (κ2) is 7.81. The van der Waals surface area contributed by atoms with Crippen molar-refractivity contribution in [1.29, 1.82) is 0 Å². The van der Waals surface area contributed by atoms with Gasteiger partial charge < -0.3 is 10.2 Å². The van der Waals surface area contributed by atoms with Gasteiger partial charge in [-0.15, -0.1) is 25.6 Å². The van der Waals surface area contributed by atoms with Crippen molar-refractivity contribution in [2.24, 2.45) is 5.41 Å². The Balaban J connectivity index is 0.00000200. The minimum Gasteiger partial charge on any atom is -0.334 e. The number of likely N-dealkylation sites (tertiary alicyclic amines) is 1. The SMILES string of the molecule is C=CCN(CC=C)C(=O)CN1CCC2(CCNC2)C1.Cl. The van der Waals surface area contributed by atoms with Crippen LogP contribution in [0.25, 0.3) is 0 Å². The maximum atomic E-state index is 12.3. The van der Waals surface area contributed by atoms with Gasteiger partial charge in [0.1, 0.15) is 0 Å². The van der Waals surface area contributed by atoms with Gasteiger partial charge in [0.25, 0.3) is 0 Å². The number of nitrogens with one attached hydrogen (secondary N) is 1. The Kier molecular flexibility index (Phi) is 6.72. The number of amides is 1. The number of halogens is 1. The van der Waals surface area contributed by atoms with E-state index in [1.165, 1.54) is 12.8 Å². The smallest absolute Gasteiger partial charge is 0.237 e. The Hall–Kier alpha value is -0.840. The van der Waals surface area contributed by atoms with Crippen molar-refractivity contribution in [2.45, 2.75) is 12.8 Å². The molecule has 1 unspecified atom stereocenters. The summed E-state index contributed by atoms with van der Waals surface area (Å²) in [5, 5.41) is 3.44. The fourth-order valence-electron chi connectivity index (χ4n) is 3.19. The number of hydrogen-bond acceptors (Lipinski definition) is 3. The molecule has 2 saturated heterocycles. The Morgan fingerprint density at radius 3 is 2.55 bits per heavy atom. The first-order valence-corrected chi connectivity index (χ1v) is 7.12. The van der Waals surface area contributed by atoms with Crippen molar-refractivity contribution in [3.05, 3.63) is 25.3 Å². The largest absolute Gasteiger partial charge is 0.334 e. The van der Waals surface area contributed by atoms with Crippen LogP contribution in [0.15, 0.2) is 25.3 Å². The first-order chi connectivity index (χ1) is 9.19. The van der Waals surface area contributed by atoms with Crippen molar-refractivity contribution in [3.8, 4) is 0 Å². The number of rotatable bonds is 6. The zero-order valence-corrected chi connectivity index (χ0v) is 13.0. The van der Waals surface area contributed by atoms with Crippen LogP contribution in [0.5, 0.6) is 0 Å². The van der Waals surface area contributed by atoms with Crippen LogP contribution < -0.4 is 5.32 Å². The Morgan fingerprint density at radius 1 is 1.30 bits per heavy atom. The monoisotopic (exact) mass is 299 g/mol. The number of carbonyl (C=O) groups excluding carboxylic acids is 1. The molecule has 2 fully saturated rings. The predicted octanol–water partition coefficient (Wildman–Crippen LogP) is 1.29. The molecule has 2 heterocycles. The summed E-state index contributed by atoms with van der Waals surface area (Å²) in [6.07, 6.45) is 6.01. The Morgan fingerprint density at radius 2 is 2.00 bits per heavy atom. The van der Waals surface area contributed by atoms with Crippen LogP contribution in [0.4, 0.5) is 0 Å². The summed E-state index contributed by atoms with van der Waals surface area (Å²) in [7, 11) is 0. The van der Waals surface area contributed by atoms with Gasteiger partial charge in [0, 0.05) is 26.2 Å². The van der Waals surface area contributed by atoms with Gasteiger partial charge >= 0.3 is 0 Å². The van der Waals surface area contributed by atoms with E-state index in [0.717, 1.165) is 26.2 Å². The average molecular weight is 300 g/mol. The summed E-state index contributed by atoms with van der Waals surface area (Å²) < 4.78 is 0. The van der Waals surface area contributed by atoms with Crippen LogP contribution in [0.2, 0.25) is 0 Å². The summed E-state index contributed by atoms with van der Waals surface area (Å²) in [5.41, 5.74) is 0.433. The molecule has 0 saturated carbocycles. The lowest BCUT2D eigenvalue weighted by molar-refractivity contribution is -0.131. The minimum atomic E-state index is 0. The lowest BCUT2D eigenvalue weighted by atomic mass is 9.87. The third-order valence-corrected chi connectivity index (χ3v) is 4.26. The molecule has 20 heavy (non-hydrogen) atoms. The molecule has 1 amide bonds. The summed E-state index contributed by atoms with van der Waals surface area (Å²) in [6.45, 7) is 13.5. The number of nitrogens with zero attached hydrogens (tertiary/aromatic N) is 2. The highest BCUT2D eigenvalue weighted by Crippen LogP contribution is 2.35. The Bertz CT molecular complexity index is 343. The molecule has 1 atom stereocenters. The van der Waals surface area contributed by atoms with Crippen LogP contribution >= 0.6 is 12.4 Å². The maximum absolute atomic E-state index is 12.3. The van der Waals surface area contributed by atoms with Crippen molar-refractivity contribution in [2.75, 3.05) is 45.8 Å². The molecule has 1 spiro atoms. The van der Waals surface area contributed by atoms with E-state index in [-0.39, 0.29) is 18.3 Å². The lowest BCUT2D eigenvalue weighted by Gasteiger charge is -2.25. The van der Waals surface area contributed by atoms with E-state index in [4.69, 9.17) is 0 Å². The quantitative estimate of drug-likeness (QED) is 0.751.